The second-order valence-corrected chi connectivity index (χ2v) is 6.20. The molecule has 0 N–H and O–H groups in total. The Hall–Kier alpha value is -1.80. The highest BCUT2D eigenvalue weighted by atomic mass is 79.9. The van der Waals surface area contributed by atoms with Gasteiger partial charge in [-0.2, -0.15) is 0 Å². The molecule has 0 atom stereocenters. The Balaban J connectivity index is 2.34. The molecule has 0 spiro atoms. The lowest BCUT2D eigenvalue weighted by Crippen LogP contribution is -2.22. The van der Waals surface area contributed by atoms with E-state index in [0.29, 0.717) is 20.8 Å². The zero-order chi connectivity index (χ0) is 15.9. The first-order chi connectivity index (χ1) is 10.5. The molecule has 0 saturated heterocycles. The molecule has 0 saturated carbocycles. The van der Waals surface area contributed by atoms with Crippen molar-refractivity contribution in [3.8, 4) is 11.3 Å². The molecule has 0 aliphatic carbocycles. The molecule has 2 aromatic heterocycles. The van der Waals surface area contributed by atoms with Crippen LogP contribution in [0.4, 0.5) is 4.39 Å². The molecule has 3 aromatic rings. The van der Waals surface area contributed by atoms with Crippen molar-refractivity contribution in [3.63, 3.8) is 0 Å². The van der Waals surface area contributed by atoms with Crippen LogP contribution in [0.15, 0.2) is 38.8 Å². The highest BCUT2D eigenvalue weighted by Gasteiger charge is 2.16. The lowest BCUT2D eigenvalue weighted by molar-refractivity contribution is 0.630. The SMILES string of the molecule is CSc1ncc2nc(-c3cc(Br)ccc3F)c(=O)n(C)c2n1. The minimum absolute atomic E-state index is 0.0364. The predicted molar refractivity (Wildman–Crippen MR) is 87.4 cm³/mol. The fourth-order valence-electron chi connectivity index (χ4n) is 2.05. The molecule has 1 aromatic carbocycles. The van der Waals surface area contributed by atoms with Crippen molar-refractivity contribution < 1.29 is 4.39 Å². The maximum Gasteiger partial charge on any atom is 0.278 e. The minimum atomic E-state index is -0.506. The highest BCUT2D eigenvalue weighted by Crippen LogP contribution is 2.24. The third-order valence-corrected chi connectivity index (χ3v) is 4.21. The molecule has 3 rings (SSSR count). The summed E-state index contributed by atoms with van der Waals surface area (Å²) in [5.41, 5.74) is 0.633. The van der Waals surface area contributed by atoms with Gasteiger partial charge in [0.15, 0.2) is 10.8 Å². The number of aromatic nitrogens is 4. The van der Waals surface area contributed by atoms with E-state index < -0.39 is 11.4 Å². The molecule has 112 valence electrons. The zero-order valence-corrected chi connectivity index (χ0v) is 14.1. The van der Waals surface area contributed by atoms with Gasteiger partial charge in [-0.15, -0.1) is 0 Å². The number of fused-ring (bicyclic) bond motifs is 1. The summed E-state index contributed by atoms with van der Waals surface area (Å²) in [6.45, 7) is 0. The summed E-state index contributed by atoms with van der Waals surface area (Å²) in [5, 5.41) is 0.547. The molecule has 0 amide bonds. The van der Waals surface area contributed by atoms with E-state index in [1.807, 2.05) is 6.26 Å². The van der Waals surface area contributed by atoms with Crippen LogP contribution < -0.4 is 5.56 Å². The summed E-state index contributed by atoms with van der Waals surface area (Å²) in [6, 6.07) is 4.39. The highest BCUT2D eigenvalue weighted by molar-refractivity contribution is 9.10. The topological polar surface area (TPSA) is 60.7 Å². The van der Waals surface area contributed by atoms with Crippen LogP contribution in [0.3, 0.4) is 0 Å². The molecule has 0 aliphatic heterocycles. The molecule has 0 bridgehead atoms. The number of hydrogen-bond acceptors (Lipinski definition) is 5. The van der Waals surface area contributed by atoms with Crippen molar-refractivity contribution in [2.75, 3.05) is 6.26 Å². The normalized spacial score (nSPS) is 11.1. The number of rotatable bonds is 2. The average molecular weight is 381 g/mol. The Labute approximate surface area is 137 Å². The van der Waals surface area contributed by atoms with Crippen LogP contribution in [0.5, 0.6) is 0 Å². The number of aryl methyl sites for hydroxylation is 1. The fourth-order valence-corrected chi connectivity index (χ4v) is 2.75. The standard InChI is InChI=1S/C14H10BrFN4OS/c1-20-12-10(6-17-14(19-12)22-2)18-11(13(20)21)8-5-7(15)3-4-9(8)16/h3-6H,1-2H3. The van der Waals surface area contributed by atoms with Gasteiger partial charge in [0.05, 0.1) is 6.20 Å². The molecular formula is C14H10BrFN4OS. The minimum Gasteiger partial charge on any atom is -0.293 e. The lowest BCUT2D eigenvalue weighted by atomic mass is 10.1. The van der Waals surface area contributed by atoms with Crippen molar-refractivity contribution in [2.45, 2.75) is 5.16 Å². The molecule has 2 heterocycles. The maximum atomic E-state index is 14.0. The number of nitrogens with zero attached hydrogens (tertiary/aromatic N) is 4. The summed E-state index contributed by atoms with van der Waals surface area (Å²) < 4.78 is 16.1. The molecule has 8 heteroatoms. The van der Waals surface area contributed by atoms with Gasteiger partial charge in [0.1, 0.15) is 17.0 Å². The first kappa shape index (κ1) is 15.1. The van der Waals surface area contributed by atoms with Crippen molar-refractivity contribution >= 4 is 38.9 Å². The lowest BCUT2D eigenvalue weighted by Gasteiger charge is -2.08. The van der Waals surface area contributed by atoms with Crippen LogP contribution >= 0.6 is 27.7 Å². The van der Waals surface area contributed by atoms with Crippen LogP contribution in [0, 0.1) is 5.82 Å². The summed E-state index contributed by atoms with van der Waals surface area (Å²) in [5.74, 6) is -0.506. The van der Waals surface area contributed by atoms with Gasteiger partial charge in [0.25, 0.3) is 5.56 Å². The fraction of sp³-hybridized carbons (Fsp3) is 0.143. The van der Waals surface area contributed by atoms with Crippen molar-refractivity contribution in [1.82, 2.24) is 19.5 Å². The molecule has 5 nitrogen and oxygen atoms in total. The molecular weight excluding hydrogens is 371 g/mol. The molecule has 0 aliphatic rings. The Morgan fingerprint density at radius 3 is 2.82 bits per heavy atom. The maximum absolute atomic E-state index is 14.0. The van der Waals surface area contributed by atoms with Crippen molar-refractivity contribution in [1.29, 1.82) is 0 Å². The molecule has 0 unspecified atom stereocenters. The van der Waals surface area contributed by atoms with Crippen LogP contribution in [-0.2, 0) is 7.05 Å². The first-order valence-corrected chi connectivity index (χ1v) is 8.26. The Bertz CT molecular complexity index is 944. The van der Waals surface area contributed by atoms with Crippen molar-refractivity contribution in [3.05, 3.63) is 45.0 Å². The van der Waals surface area contributed by atoms with E-state index in [1.165, 1.54) is 34.7 Å². The number of halogens is 2. The van der Waals surface area contributed by atoms with Crippen LogP contribution in [0.1, 0.15) is 0 Å². The van der Waals surface area contributed by atoms with Crippen molar-refractivity contribution in [2.24, 2.45) is 7.05 Å². The smallest absolute Gasteiger partial charge is 0.278 e. The summed E-state index contributed by atoms with van der Waals surface area (Å²) in [7, 11) is 1.59. The van der Waals surface area contributed by atoms with Crippen LogP contribution in [-0.4, -0.2) is 25.8 Å². The van der Waals surface area contributed by atoms with E-state index in [1.54, 1.807) is 13.1 Å². The number of thioether (sulfide) groups is 1. The Morgan fingerprint density at radius 2 is 2.09 bits per heavy atom. The average Bonchev–Trinajstić information content (AvgIpc) is 2.53. The third kappa shape index (κ3) is 2.52. The molecule has 0 radical (unpaired) electrons. The van der Waals surface area contributed by atoms with E-state index in [-0.39, 0.29) is 11.3 Å². The van der Waals surface area contributed by atoms with Crippen LogP contribution in [0.2, 0.25) is 0 Å². The van der Waals surface area contributed by atoms with Gasteiger partial charge in [-0.05, 0) is 24.5 Å². The van der Waals surface area contributed by atoms with Gasteiger partial charge in [-0.25, -0.2) is 19.3 Å². The van der Waals surface area contributed by atoms with E-state index in [9.17, 15) is 9.18 Å². The third-order valence-electron chi connectivity index (χ3n) is 3.15. The summed E-state index contributed by atoms with van der Waals surface area (Å²) in [6.07, 6.45) is 3.38. The quantitative estimate of drug-likeness (QED) is 0.505. The van der Waals surface area contributed by atoms with E-state index in [2.05, 4.69) is 30.9 Å². The monoisotopic (exact) mass is 380 g/mol. The number of hydrogen-bond donors (Lipinski definition) is 0. The summed E-state index contributed by atoms with van der Waals surface area (Å²) >= 11 is 4.65. The van der Waals surface area contributed by atoms with Gasteiger partial charge in [-0.1, -0.05) is 27.7 Å². The predicted octanol–water partition coefficient (Wildman–Crippen LogP) is 3.01. The largest absolute Gasteiger partial charge is 0.293 e. The van der Waals surface area contributed by atoms with Gasteiger partial charge < -0.3 is 0 Å². The second-order valence-electron chi connectivity index (χ2n) is 4.51. The molecule has 0 fully saturated rings. The summed E-state index contributed by atoms with van der Waals surface area (Å²) in [4.78, 5) is 25.2. The van der Waals surface area contributed by atoms with Gasteiger partial charge >= 0.3 is 0 Å². The second kappa shape index (κ2) is 5.77. The Kier molecular flexibility index (Phi) is 3.96. The van der Waals surface area contributed by atoms with Gasteiger partial charge in [0.2, 0.25) is 0 Å². The van der Waals surface area contributed by atoms with Gasteiger partial charge in [-0.3, -0.25) is 9.36 Å². The van der Waals surface area contributed by atoms with Gasteiger partial charge in [0, 0.05) is 17.1 Å². The zero-order valence-electron chi connectivity index (χ0n) is 11.7. The number of benzene rings is 1. The van der Waals surface area contributed by atoms with E-state index in [0.717, 1.165) is 0 Å². The molecule has 22 heavy (non-hydrogen) atoms. The first-order valence-electron chi connectivity index (χ1n) is 6.24. The van der Waals surface area contributed by atoms with E-state index >= 15 is 0 Å². The Morgan fingerprint density at radius 1 is 1.32 bits per heavy atom. The van der Waals surface area contributed by atoms with E-state index in [4.69, 9.17) is 0 Å². The van der Waals surface area contributed by atoms with Crippen LogP contribution in [0.25, 0.3) is 22.4 Å².